The molecule has 0 bridgehead atoms. The van der Waals surface area contributed by atoms with Crippen molar-refractivity contribution in [3.8, 4) is 0 Å². The number of urea groups is 1. The van der Waals surface area contributed by atoms with E-state index in [9.17, 15) is 4.79 Å². The molecule has 0 saturated carbocycles. The summed E-state index contributed by atoms with van der Waals surface area (Å²) in [4.78, 5) is 18.4. The van der Waals surface area contributed by atoms with Crippen LogP contribution >= 0.6 is 0 Å². The minimum atomic E-state index is -0.178. The van der Waals surface area contributed by atoms with Crippen LogP contribution < -0.4 is 5.32 Å². The molecule has 8 nitrogen and oxygen atoms in total. The molecule has 3 rings (SSSR count). The normalized spacial score (nSPS) is 18.8. The summed E-state index contributed by atoms with van der Waals surface area (Å²) in [6.07, 6.45) is 1.92. The van der Waals surface area contributed by atoms with Crippen LogP contribution in [0.4, 0.5) is 10.7 Å². The Hall–Kier alpha value is -2.38. The minimum Gasteiger partial charge on any atom is -0.338 e. The molecule has 21 heavy (non-hydrogen) atoms. The number of aryl methyl sites for hydroxylation is 2. The second-order valence-electron chi connectivity index (χ2n) is 5.33. The van der Waals surface area contributed by atoms with E-state index >= 15 is 0 Å². The number of carbonyl (C=O) groups is 1. The van der Waals surface area contributed by atoms with Crippen molar-refractivity contribution < 1.29 is 9.32 Å². The summed E-state index contributed by atoms with van der Waals surface area (Å²) in [7, 11) is 0. The Kier molecular flexibility index (Phi) is 3.59. The molecule has 0 aliphatic carbocycles. The number of nitrogens with one attached hydrogen (secondary N) is 2. The first-order valence-corrected chi connectivity index (χ1v) is 7.00. The fraction of sp³-hybridized carbons (Fsp3) is 0.538. The van der Waals surface area contributed by atoms with Gasteiger partial charge in [-0.1, -0.05) is 5.16 Å². The van der Waals surface area contributed by atoms with E-state index in [1.54, 1.807) is 11.0 Å². The summed E-state index contributed by atoms with van der Waals surface area (Å²) in [5, 5.41) is 13.5. The van der Waals surface area contributed by atoms with Gasteiger partial charge in [-0.25, -0.2) is 9.78 Å². The smallest absolute Gasteiger partial charge is 0.324 e. The summed E-state index contributed by atoms with van der Waals surface area (Å²) in [6, 6.07) is 1.51. The van der Waals surface area contributed by atoms with Crippen molar-refractivity contribution in [1.29, 1.82) is 0 Å². The molecule has 2 aromatic rings. The lowest BCUT2D eigenvalue weighted by Gasteiger charge is -2.31. The highest BCUT2D eigenvalue weighted by atomic mass is 16.5. The Bertz CT molecular complexity index is 634. The zero-order valence-electron chi connectivity index (χ0n) is 12.1. The van der Waals surface area contributed by atoms with Gasteiger partial charge in [-0.05, 0) is 26.7 Å². The van der Waals surface area contributed by atoms with Gasteiger partial charge in [0.25, 0.3) is 0 Å². The third-order valence-corrected chi connectivity index (χ3v) is 3.55. The Morgan fingerprint density at radius 2 is 2.38 bits per heavy atom. The molecule has 8 heteroatoms. The number of aromatic amines is 1. The van der Waals surface area contributed by atoms with E-state index in [4.69, 9.17) is 4.52 Å². The average Bonchev–Trinajstić information content (AvgIpc) is 3.08. The first kappa shape index (κ1) is 13.6. The lowest BCUT2D eigenvalue weighted by Crippen LogP contribution is -2.41. The second kappa shape index (κ2) is 5.55. The van der Waals surface area contributed by atoms with Crippen molar-refractivity contribution in [2.24, 2.45) is 0 Å². The van der Waals surface area contributed by atoms with E-state index < -0.39 is 0 Å². The lowest BCUT2D eigenvalue weighted by molar-refractivity contribution is 0.190. The van der Waals surface area contributed by atoms with Crippen LogP contribution in [0.2, 0.25) is 0 Å². The van der Waals surface area contributed by atoms with Crippen molar-refractivity contribution in [2.45, 2.75) is 32.6 Å². The first-order chi connectivity index (χ1) is 10.1. The van der Waals surface area contributed by atoms with Crippen LogP contribution in [0.3, 0.4) is 0 Å². The number of anilines is 1. The number of nitrogens with zero attached hydrogens (tertiary/aromatic N) is 4. The predicted molar refractivity (Wildman–Crippen MR) is 74.9 cm³/mol. The van der Waals surface area contributed by atoms with Gasteiger partial charge in [-0.3, -0.25) is 10.4 Å². The van der Waals surface area contributed by atoms with Crippen LogP contribution in [0, 0.1) is 13.8 Å². The van der Waals surface area contributed by atoms with Gasteiger partial charge >= 0.3 is 6.03 Å². The molecule has 3 heterocycles. The van der Waals surface area contributed by atoms with Gasteiger partial charge in [0.15, 0.2) is 5.82 Å². The molecule has 0 radical (unpaired) electrons. The van der Waals surface area contributed by atoms with Crippen LogP contribution in [0.15, 0.2) is 10.6 Å². The number of hydrogen-bond acceptors (Lipinski definition) is 5. The van der Waals surface area contributed by atoms with Crippen molar-refractivity contribution >= 4 is 11.9 Å². The quantitative estimate of drug-likeness (QED) is 0.878. The molecule has 2 aromatic heterocycles. The van der Waals surface area contributed by atoms with Crippen molar-refractivity contribution in [3.05, 3.63) is 23.4 Å². The molecule has 112 valence electrons. The highest BCUT2D eigenvalue weighted by molar-refractivity contribution is 5.88. The molecule has 1 aliphatic heterocycles. The van der Waals surface area contributed by atoms with Crippen molar-refractivity contribution in [2.75, 3.05) is 18.4 Å². The maximum Gasteiger partial charge on any atom is 0.324 e. The summed E-state index contributed by atoms with van der Waals surface area (Å²) < 4.78 is 5.00. The van der Waals surface area contributed by atoms with E-state index in [0.717, 1.165) is 36.7 Å². The third kappa shape index (κ3) is 3.04. The number of carbonyl (C=O) groups excluding carboxylic acids is 1. The topological polar surface area (TPSA) is 99.9 Å². The predicted octanol–water partition coefficient (Wildman–Crippen LogP) is 1.82. The molecule has 1 atom stereocenters. The first-order valence-electron chi connectivity index (χ1n) is 7.00. The van der Waals surface area contributed by atoms with E-state index in [1.165, 1.54) is 0 Å². The van der Waals surface area contributed by atoms with Crippen LogP contribution in [0.1, 0.15) is 36.1 Å². The van der Waals surface area contributed by atoms with Gasteiger partial charge in [0.2, 0.25) is 5.88 Å². The van der Waals surface area contributed by atoms with E-state index in [2.05, 4.69) is 25.7 Å². The molecule has 2 amide bonds. The number of likely N-dealkylation sites (tertiary alicyclic amines) is 1. The largest absolute Gasteiger partial charge is 0.338 e. The molecule has 1 fully saturated rings. The zero-order valence-corrected chi connectivity index (χ0v) is 12.1. The average molecular weight is 290 g/mol. The number of aromatic nitrogens is 4. The molecule has 1 aliphatic rings. The molecular weight excluding hydrogens is 272 g/mol. The molecule has 0 spiro atoms. The zero-order chi connectivity index (χ0) is 14.8. The van der Waals surface area contributed by atoms with Gasteiger partial charge in [-0.15, -0.1) is 0 Å². The van der Waals surface area contributed by atoms with Gasteiger partial charge < -0.3 is 9.42 Å². The Balaban J connectivity index is 1.64. The van der Waals surface area contributed by atoms with Crippen LogP contribution in [-0.4, -0.2) is 44.4 Å². The molecule has 1 saturated heterocycles. The molecule has 1 unspecified atom stereocenters. The summed E-state index contributed by atoms with van der Waals surface area (Å²) >= 11 is 0. The highest BCUT2D eigenvalue weighted by Gasteiger charge is 2.27. The number of rotatable bonds is 2. The molecular formula is C13H18N6O2. The van der Waals surface area contributed by atoms with Crippen LogP contribution in [-0.2, 0) is 0 Å². The maximum atomic E-state index is 12.2. The maximum absolute atomic E-state index is 12.2. The Morgan fingerprint density at radius 3 is 3.05 bits per heavy atom. The summed E-state index contributed by atoms with van der Waals surface area (Å²) in [5.74, 6) is 2.11. The Morgan fingerprint density at radius 1 is 1.52 bits per heavy atom. The van der Waals surface area contributed by atoms with Gasteiger partial charge in [0.05, 0.1) is 5.69 Å². The van der Waals surface area contributed by atoms with Gasteiger partial charge in [0, 0.05) is 25.1 Å². The molecule has 2 N–H and O–H groups in total. The summed E-state index contributed by atoms with van der Waals surface area (Å²) in [5.41, 5.74) is 0.734. The van der Waals surface area contributed by atoms with Crippen molar-refractivity contribution in [1.82, 2.24) is 25.2 Å². The third-order valence-electron chi connectivity index (χ3n) is 3.55. The van der Waals surface area contributed by atoms with Gasteiger partial charge in [-0.2, -0.15) is 5.10 Å². The molecule has 0 aromatic carbocycles. The number of piperidine rings is 1. The SMILES string of the molecule is Cc1cc(NC(=O)N2CCCC(c3n[nH]c(C)n3)C2)on1. The standard InChI is InChI=1S/C13H18N6O2/c1-8-6-11(21-18-8)15-13(20)19-5-3-4-10(7-19)12-14-9(2)16-17-12/h6,10H,3-5,7H2,1-2H3,(H,15,20)(H,14,16,17). The fourth-order valence-corrected chi connectivity index (χ4v) is 2.52. The van der Waals surface area contributed by atoms with Crippen molar-refractivity contribution in [3.63, 3.8) is 0 Å². The van der Waals surface area contributed by atoms with Crippen LogP contribution in [0.25, 0.3) is 0 Å². The number of H-pyrrole nitrogens is 1. The minimum absolute atomic E-state index is 0.172. The highest BCUT2D eigenvalue weighted by Crippen LogP contribution is 2.24. The second-order valence-corrected chi connectivity index (χ2v) is 5.33. The lowest BCUT2D eigenvalue weighted by atomic mass is 9.98. The fourth-order valence-electron chi connectivity index (χ4n) is 2.52. The monoisotopic (exact) mass is 290 g/mol. The van der Waals surface area contributed by atoms with E-state index in [-0.39, 0.29) is 11.9 Å². The van der Waals surface area contributed by atoms with E-state index in [1.807, 2.05) is 13.8 Å². The van der Waals surface area contributed by atoms with E-state index in [0.29, 0.717) is 12.4 Å². The Labute approximate surface area is 121 Å². The van der Waals surface area contributed by atoms with Crippen LogP contribution in [0.5, 0.6) is 0 Å². The number of amides is 2. The number of hydrogen-bond donors (Lipinski definition) is 2. The summed E-state index contributed by atoms with van der Waals surface area (Å²) in [6.45, 7) is 5.01. The van der Waals surface area contributed by atoms with Gasteiger partial charge in [0.1, 0.15) is 5.82 Å².